The summed E-state index contributed by atoms with van der Waals surface area (Å²) in [5.41, 5.74) is -0.183. The summed E-state index contributed by atoms with van der Waals surface area (Å²) < 4.78 is 26.9. The van der Waals surface area contributed by atoms with Crippen molar-refractivity contribution in [3.8, 4) is 6.07 Å². The summed E-state index contributed by atoms with van der Waals surface area (Å²) in [7, 11) is 0. The number of hydrogen-bond acceptors (Lipinski definition) is 1. The second kappa shape index (κ2) is 5.69. The van der Waals surface area contributed by atoms with Gasteiger partial charge in [0.05, 0.1) is 11.5 Å². The summed E-state index contributed by atoms with van der Waals surface area (Å²) in [6.07, 6.45) is 5.07. The van der Waals surface area contributed by atoms with Crippen LogP contribution in [0.3, 0.4) is 0 Å². The minimum absolute atomic E-state index is 0.323. The van der Waals surface area contributed by atoms with Crippen molar-refractivity contribution in [3.63, 3.8) is 0 Å². The van der Waals surface area contributed by atoms with Gasteiger partial charge in [-0.1, -0.05) is 13.3 Å². The highest BCUT2D eigenvalue weighted by Crippen LogP contribution is 2.42. The van der Waals surface area contributed by atoms with Crippen LogP contribution < -0.4 is 0 Å². The van der Waals surface area contributed by atoms with E-state index in [1.807, 2.05) is 0 Å². The van der Waals surface area contributed by atoms with E-state index in [4.69, 9.17) is 0 Å². The molecule has 0 heterocycles. The molecule has 1 aromatic rings. The zero-order valence-corrected chi connectivity index (χ0v) is 11.3. The Bertz CT molecular complexity index is 482. The van der Waals surface area contributed by atoms with Gasteiger partial charge < -0.3 is 0 Å². The van der Waals surface area contributed by atoms with Crippen LogP contribution in [-0.4, -0.2) is 0 Å². The van der Waals surface area contributed by atoms with Crippen LogP contribution in [0.4, 0.5) is 8.78 Å². The molecule has 0 atom stereocenters. The second-order valence-corrected chi connectivity index (χ2v) is 5.66. The van der Waals surface area contributed by atoms with Crippen molar-refractivity contribution in [3.05, 3.63) is 35.4 Å². The van der Waals surface area contributed by atoms with E-state index in [9.17, 15) is 14.0 Å². The van der Waals surface area contributed by atoms with Gasteiger partial charge in [0.25, 0.3) is 0 Å². The fourth-order valence-corrected chi connectivity index (χ4v) is 3.01. The van der Waals surface area contributed by atoms with Crippen LogP contribution in [-0.2, 0) is 6.42 Å². The lowest BCUT2D eigenvalue weighted by Crippen LogP contribution is -2.28. The molecule has 3 heteroatoms. The quantitative estimate of drug-likeness (QED) is 0.780. The summed E-state index contributed by atoms with van der Waals surface area (Å²) >= 11 is 0. The summed E-state index contributed by atoms with van der Waals surface area (Å²) in [5.74, 6) is -0.167. The van der Waals surface area contributed by atoms with Crippen LogP contribution in [0.5, 0.6) is 0 Å². The molecule has 0 radical (unpaired) electrons. The maximum Gasteiger partial charge on any atom is 0.126 e. The first-order valence-corrected chi connectivity index (χ1v) is 6.94. The maximum atomic E-state index is 13.7. The van der Waals surface area contributed by atoms with Crippen molar-refractivity contribution in [2.45, 2.75) is 45.4 Å². The fourth-order valence-electron chi connectivity index (χ4n) is 3.01. The number of rotatable bonds is 3. The van der Waals surface area contributed by atoms with Gasteiger partial charge in [-0.05, 0) is 61.8 Å². The van der Waals surface area contributed by atoms with Crippen molar-refractivity contribution >= 4 is 0 Å². The van der Waals surface area contributed by atoms with E-state index in [0.29, 0.717) is 17.9 Å². The zero-order valence-electron chi connectivity index (χ0n) is 11.3. The topological polar surface area (TPSA) is 23.8 Å². The SMILES string of the molecule is CCC1CCC(C#N)(Cc2cc(F)ccc2F)CC1. The third-order valence-corrected chi connectivity index (χ3v) is 4.41. The maximum absolute atomic E-state index is 13.7. The summed E-state index contributed by atoms with van der Waals surface area (Å²) in [6.45, 7) is 2.16. The molecule has 0 N–H and O–H groups in total. The summed E-state index contributed by atoms with van der Waals surface area (Å²) in [4.78, 5) is 0. The molecule has 1 aliphatic carbocycles. The first-order valence-electron chi connectivity index (χ1n) is 6.94. The van der Waals surface area contributed by atoms with Crippen LogP contribution in [0.1, 0.15) is 44.6 Å². The lowest BCUT2D eigenvalue weighted by molar-refractivity contribution is 0.203. The minimum Gasteiger partial charge on any atom is -0.207 e. The second-order valence-electron chi connectivity index (χ2n) is 5.66. The molecule has 1 fully saturated rings. The molecule has 1 aromatic carbocycles. The van der Waals surface area contributed by atoms with E-state index in [2.05, 4.69) is 13.0 Å². The Hall–Kier alpha value is -1.43. The number of nitriles is 1. The number of nitrogens with zero attached hydrogens (tertiary/aromatic N) is 1. The van der Waals surface area contributed by atoms with Gasteiger partial charge in [0.1, 0.15) is 11.6 Å². The Labute approximate surface area is 113 Å². The molecule has 0 saturated heterocycles. The molecule has 0 unspecified atom stereocenters. The van der Waals surface area contributed by atoms with Crippen molar-refractivity contribution in [2.24, 2.45) is 11.3 Å². The molecule has 102 valence electrons. The standard InChI is InChI=1S/C16H19F2N/c1-2-12-5-7-16(11-19,8-6-12)10-13-9-14(17)3-4-15(13)18/h3-4,9,12H,2,5-8,10H2,1H3. The van der Waals surface area contributed by atoms with Gasteiger partial charge in [0.15, 0.2) is 0 Å². The first kappa shape index (κ1) is 14.0. The third kappa shape index (κ3) is 3.12. The van der Waals surface area contributed by atoms with E-state index in [-0.39, 0.29) is 0 Å². The normalized spacial score (nSPS) is 26.9. The monoisotopic (exact) mass is 263 g/mol. The largest absolute Gasteiger partial charge is 0.207 e. The third-order valence-electron chi connectivity index (χ3n) is 4.41. The van der Waals surface area contributed by atoms with Crippen molar-refractivity contribution in [2.75, 3.05) is 0 Å². The van der Waals surface area contributed by atoms with Crippen LogP contribution in [0.2, 0.25) is 0 Å². The molecule has 1 aliphatic rings. The Morgan fingerprint density at radius 3 is 2.58 bits per heavy atom. The number of halogens is 2. The van der Waals surface area contributed by atoms with Gasteiger partial charge in [-0.2, -0.15) is 5.26 Å². The minimum atomic E-state index is -0.514. The van der Waals surface area contributed by atoms with E-state index >= 15 is 0 Å². The van der Waals surface area contributed by atoms with Gasteiger partial charge in [-0.15, -0.1) is 0 Å². The Morgan fingerprint density at radius 1 is 1.32 bits per heavy atom. The van der Waals surface area contributed by atoms with E-state index < -0.39 is 17.0 Å². The first-order chi connectivity index (χ1) is 9.08. The van der Waals surface area contributed by atoms with Crippen LogP contribution in [0, 0.1) is 34.3 Å². The van der Waals surface area contributed by atoms with Crippen molar-refractivity contribution < 1.29 is 8.78 Å². The highest BCUT2D eigenvalue weighted by molar-refractivity contribution is 5.22. The fraction of sp³-hybridized carbons (Fsp3) is 0.562. The molecule has 19 heavy (non-hydrogen) atoms. The number of benzene rings is 1. The van der Waals surface area contributed by atoms with E-state index in [0.717, 1.165) is 44.2 Å². The molecule has 0 bridgehead atoms. The zero-order chi connectivity index (χ0) is 13.9. The molecule has 0 amide bonds. The molecule has 0 aromatic heterocycles. The van der Waals surface area contributed by atoms with Gasteiger partial charge in [0.2, 0.25) is 0 Å². The van der Waals surface area contributed by atoms with E-state index in [1.165, 1.54) is 6.07 Å². The van der Waals surface area contributed by atoms with Crippen molar-refractivity contribution in [1.82, 2.24) is 0 Å². The smallest absolute Gasteiger partial charge is 0.126 e. The molecule has 1 nitrogen and oxygen atoms in total. The van der Waals surface area contributed by atoms with E-state index in [1.54, 1.807) is 0 Å². The van der Waals surface area contributed by atoms with Gasteiger partial charge in [-0.3, -0.25) is 0 Å². The summed E-state index contributed by atoms with van der Waals surface area (Å²) in [5, 5.41) is 9.46. The van der Waals surface area contributed by atoms with Gasteiger partial charge in [0, 0.05) is 0 Å². The average molecular weight is 263 g/mol. The molecule has 1 saturated carbocycles. The highest BCUT2D eigenvalue weighted by atomic mass is 19.1. The molecular formula is C16H19F2N. The van der Waals surface area contributed by atoms with Crippen LogP contribution >= 0.6 is 0 Å². The van der Waals surface area contributed by atoms with Crippen LogP contribution in [0.25, 0.3) is 0 Å². The lowest BCUT2D eigenvalue weighted by atomic mass is 9.68. The molecule has 0 aliphatic heterocycles. The molecule has 0 spiro atoms. The summed E-state index contributed by atoms with van der Waals surface area (Å²) in [6, 6.07) is 5.85. The Kier molecular flexibility index (Phi) is 4.19. The lowest BCUT2D eigenvalue weighted by Gasteiger charge is -2.34. The van der Waals surface area contributed by atoms with Gasteiger partial charge >= 0.3 is 0 Å². The van der Waals surface area contributed by atoms with Crippen molar-refractivity contribution in [1.29, 1.82) is 5.26 Å². The predicted octanol–water partition coefficient (Wildman–Crippen LogP) is 4.62. The Morgan fingerprint density at radius 2 is 2.00 bits per heavy atom. The number of hydrogen-bond donors (Lipinski definition) is 0. The Balaban J connectivity index is 2.16. The molecule has 2 rings (SSSR count). The predicted molar refractivity (Wildman–Crippen MR) is 70.4 cm³/mol. The highest BCUT2D eigenvalue weighted by Gasteiger charge is 2.35. The van der Waals surface area contributed by atoms with Gasteiger partial charge in [-0.25, -0.2) is 8.78 Å². The average Bonchev–Trinajstić information content (AvgIpc) is 2.44. The molecular weight excluding hydrogens is 244 g/mol. The van der Waals surface area contributed by atoms with Crippen LogP contribution in [0.15, 0.2) is 18.2 Å².